The molecule has 3 heteroatoms. The molecule has 88 valence electrons. The summed E-state index contributed by atoms with van der Waals surface area (Å²) in [5.41, 5.74) is 0.306. The third-order valence-corrected chi connectivity index (χ3v) is 5.26. The maximum absolute atomic E-state index is 12.3. The highest BCUT2D eigenvalue weighted by Gasteiger charge is 2.73. The Morgan fingerprint density at radius 3 is 2.18 bits per heavy atom. The zero-order chi connectivity index (χ0) is 11.8. The first-order valence-electron chi connectivity index (χ1n) is 6.35. The van der Waals surface area contributed by atoms with Crippen molar-refractivity contribution in [3.8, 4) is 0 Å². The van der Waals surface area contributed by atoms with Crippen LogP contribution in [0.3, 0.4) is 0 Å². The first-order chi connectivity index (χ1) is 8.20. The van der Waals surface area contributed by atoms with Gasteiger partial charge in [0.25, 0.3) is 0 Å². The van der Waals surface area contributed by atoms with Crippen molar-refractivity contribution in [1.29, 1.82) is 0 Å². The first kappa shape index (κ1) is 9.63. The summed E-state index contributed by atoms with van der Waals surface area (Å²) in [6, 6.07) is 0. The lowest BCUT2D eigenvalue weighted by Gasteiger charge is -2.20. The summed E-state index contributed by atoms with van der Waals surface area (Å²) in [4.78, 5) is 26.0. The van der Waals surface area contributed by atoms with Crippen molar-refractivity contribution in [3.63, 3.8) is 0 Å². The Hall–Kier alpha value is -1.38. The number of hydrogen-bond donors (Lipinski definition) is 0. The van der Waals surface area contributed by atoms with Crippen molar-refractivity contribution in [2.75, 3.05) is 6.54 Å². The molecule has 3 fully saturated rings. The SMILES string of the molecule is C=CCN1C(=O)[C@@H]2[C@H](C1=O)[C@H]1C=C[C@H]2C12CC2. The molecular formula is C14H15NO2. The van der Waals surface area contributed by atoms with E-state index >= 15 is 0 Å². The predicted molar refractivity (Wildman–Crippen MR) is 61.7 cm³/mol. The first-order valence-corrected chi connectivity index (χ1v) is 6.35. The second-order valence-corrected chi connectivity index (χ2v) is 5.80. The second kappa shape index (κ2) is 2.71. The number of likely N-dealkylation sites (tertiary alicyclic amines) is 1. The van der Waals surface area contributed by atoms with E-state index in [0.717, 1.165) is 0 Å². The van der Waals surface area contributed by atoms with E-state index in [1.54, 1.807) is 6.08 Å². The van der Waals surface area contributed by atoms with Gasteiger partial charge in [0.1, 0.15) is 0 Å². The van der Waals surface area contributed by atoms with Crippen LogP contribution in [0.4, 0.5) is 0 Å². The molecule has 2 saturated carbocycles. The van der Waals surface area contributed by atoms with E-state index in [-0.39, 0.29) is 23.7 Å². The monoisotopic (exact) mass is 229 g/mol. The normalized spacial score (nSPS) is 43.6. The van der Waals surface area contributed by atoms with Crippen molar-refractivity contribution in [3.05, 3.63) is 24.8 Å². The zero-order valence-corrected chi connectivity index (χ0v) is 9.63. The van der Waals surface area contributed by atoms with Crippen LogP contribution in [-0.4, -0.2) is 23.3 Å². The van der Waals surface area contributed by atoms with Crippen molar-refractivity contribution < 1.29 is 9.59 Å². The van der Waals surface area contributed by atoms with Crippen molar-refractivity contribution in [2.24, 2.45) is 29.1 Å². The fourth-order valence-corrected chi connectivity index (χ4v) is 4.45. The highest BCUT2D eigenvalue weighted by Crippen LogP contribution is 2.73. The van der Waals surface area contributed by atoms with E-state index in [1.807, 2.05) is 0 Å². The molecule has 1 aliphatic heterocycles. The number of allylic oxidation sites excluding steroid dienone is 2. The van der Waals surface area contributed by atoms with Gasteiger partial charge in [0.05, 0.1) is 11.8 Å². The number of rotatable bonds is 2. The van der Waals surface area contributed by atoms with Gasteiger partial charge in [-0.25, -0.2) is 0 Å². The molecule has 2 bridgehead atoms. The number of imide groups is 1. The van der Waals surface area contributed by atoms with Crippen molar-refractivity contribution in [1.82, 2.24) is 4.90 Å². The summed E-state index contributed by atoms with van der Waals surface area (Å²) in [6.07, 6.45) is 8.43. The fraction of sp³-hybridized carbons (Fsp3) is 0.571. The van der Waals surface area contributed by atoms with Crippen LogP contribution in [0.5, 0.6) is 0 Å². The van der Waals surface area contributed by atoms with Gasteiger partial charge < -0.3 is 0 Å². The van der Waals surface area contributed by atoms with Crippen LogP contribution in [0.1, 0.15) is 12.8 Å². The Kier molecular flexibility index (Phi) is 1.54. The van der Waals surface area contributed by atoms with Crippen LogP contribution < -0.4 is 0 Å². The van der Waals surface area contributed by atoms with Crippen LogP contribution >= 0.6 is 0 Å². The average Bonchev–Trinajstić information content (AvgIpc) is 2.93. The highest BCUT2D eigenvalue weighted by molar-refractivity contribution is 6.06. The number of nitrogens with zero attached hydrogens (tertiary/aromatic N) is 1. The van der Waals surface area contributed by atoms with Crippen molar-refractivity contribution >= 4 is 11.8 Å². The fourth-order valence-electron chi connectivity index (χ4n) is 4.45. The Morgan fingerprint density at radius 2 is 1.76 bits per heavy atom. The zero-order valence-electron chi connectivity index (χ0n) is 9.63. The number of amides is 2. The maximum Gasteiger partial charge on any atom is 0.234 e. The molecule has 0 aromatic heterocycles. The van der Waals surface area contributed by atoms with Gasteiger partial charge in [-0.05, 0) is 30.1 Å². The maximum atomic E-state index is 12.3. The third-order valence-electron chi connectivity index (χ3n) is 5.26. The standard InChI is InChI=1S/C14H15NO2/c1-2-7-15-12(16)10-8-3-4-9(11(10)13(15)17)14(8)5-6-14/h2-4,8-11H,1,5-7H2/t8-,9-,10-,11+/m1/s1. The molecule has 0 aromatic rings. The molecule has 4 aliphatic rings. The molecule has 3 aliphatic carbocycles. The molecule has 2 amide bonds. The molecule has 3 nitrogen and oxygen atoms in total. The van der Waals surface area contributed by atoms with Gasteiger partial charge in [-0.3, -0.25) is 14.5 Å². The van der Waals surface area contributed by atoms with E-state index in [1.165, 1.54) is 17.7 Å². The molecule has 0 N–H and O–H groups in total. The topological polar surface area (TPSA) is 37.4 Å². The Bertz CT molecular complexity index is 441. The second-order valence-electron chi connectivity index (χ2n) is 5.80. The third kappa shape index (κ3) is 0.874. The lowest BCUT2D eigenvalue weighted by atomic mass is 9.85. The summed E-state index contributed by atoms with van der Waals surface area (Å²) in [5.74, 6) is 0.651. The predicted octanol–water partition coefficient (Wildman–Crippen LogP) is 1.37. The molecule has 1 saturated heterocycles. The summed E-state index contributed by atoms with van der Waals surface area (Å²) in [6.45, 7) is 3.99. The van der Waals surface area contributed by atoms with Crippen LogP contribution in [0.25, 0.3) is 0 Å². The molecular weight excluding hydrogens is 214 g/mol. The molecule has 0 radical (unpaired) electrons. The molecule has 0 aromatic carbocycles. The summed E-state index contributed by atoms with van der Waals surface area (Å²) < 4.78 is 0. The minimum Gasteiger partial charge on any atom is -0.278 e. The van der Waals surface area contributed by atoms with Crippen LogP contribution in [-0.2, 0) is 9.59 Å². The molecule has 1 heterocycles. The van der Waals surface area contributed by atoms with Crippen molar-refractivity contribution in [2.45, 2.75) is 12.8 Å². The van der Waals surface area contributed by atoms with Gasteiger partial charge >= 0.3 is 0 Å². The number of carbonyl (C=O) groups is 2. The van der Waals surface area contributed by atoms with Gasteiger partial charge in [-0.2, -0.15) is 0 Å². The number of fused-ring (bicyclic) bond motifs is 3. The van der Waals surface area contributed by atoms with Crippen LogP contribution in [0.15, 0.2) is 24.8 Å². The van der Waals surface area contributed by atoms with E-state index in [4.69, 9.17) is 0 Å². The lowest BCUT2D eigenvalue weighted by Crippen LogP contribution is -2.34. The quantitative estimate of drug-likeness (QED) is 0.530. The summed E-state index contributed by atoms with van der Waals surface area (Å²) in [5, 5.41) is 0. The van der Waals surface area contributed by atoms with Crippen LogP contribution in [0, 0.1) is 29.1 Å². The minimum atomic E-state index is -0.0556. The molecule has 4 rings (SSSR count). The van der Waals surface area contributed by atoms with Gasteiger partial charge in [-0.1, -0.05) is 18.2 Å². The smallest absolute Gasteiger partial charge is 0.234 e. The van der Waals surface area contributed by atoms with E-state index < -0.39 is 0 Å². The van der Waals surface area contributed by atoms with E-state index in [2.05, 4.69) is 18.7 Å². The minimum absolute atomic E-state index is 0.0445. The highest BCUT2D eigenvalue weighted by atomic mass is 16.2. The van der Waals surface area contributed by atoms with E-state index in [0.29, 0.717) is 23.8 Å². The Morgan fingerprint density at radius 1 is 1.24 bits per heavy atom. The number of carbonyl (C=O) groups excluding carboxylic acids is 2. The summed E-state index contributed by atoms with van der Waals surface area (Å²) in [7, 11) is 0. The molecule has 17 heavy (non-hydrogen) atoms. The molecule has 1 spiro atoms. The molecule has 4 atom stereocenters. The summed E-state index contributed by atoms with van der Waals surface area (Å²) >= 11 is 0. The van der Waals surface area contributed by atoms with Gasteiger partial charge in [0.2, 0.25) is 11.8 Å². The van der Waals surface area contributed by atoms with Gasteiger partial charge in [0.15, 0.2) is 0 Å². The largest absolute Gasteiger partial charge is 0.278 e. The molecule has 0 unspecified atom stereocenters. The van der Waals surface area contributed by atoms with E-state index in [9.17, 15) is 9.59 Å². The van der Waals surface area contributed by atoms with Gasteiger partial charge in [-0.15, -0.1) is 6.58 Å². The number of hydrogen-bond acceptors (Lipinski definition) is 2. The van der Waals surface area contributed by atoms with Gasteiger partial charge in [0, 0.05) is 6.54 Å². The Labute approximate surface area is 100 Å². The lowest BCUT2D eigenvalue weighted by molar-refractivity contribution is -0.140. The van der Waals surface area contributed by atoms with Crippen LogP contribution in [0.2, 0.25) is 0 Å². The average molecular weight is 229 g/mol. The Balaban J connectivity index is 1.76.